The highest BCUT2D eigenvalue weighted by atomic mass is 16.3. The van der Waals surface area contributed by atoms with E-state index < -0.39 is 5.72 Å². The molecule has 0 radical (unpaired) electrons. The highest BCUT2D eigenvalue weighted by Crippen LogP contribution is 2.69. The summed E-state index contributed by atoms with van der Waals surface area (Å²) >= 11 is 0. The maximum atomic E-state index is 12.5. The van der Waals surface area contributed by atoms with Crippen molar-refractivity contribution in [3.8, 4) is 0 Å². The van der Waals surface area contributed by atoms with Crippen LogP contribution in [0.3, 0.4) is 0 Å². The lowest BCUT2D eigenvalue weighted by Gasteiger charge is -2.66. The van der Waals surface area contributed by atoms with Gasteiger partial charge in [0.25, 0.3) is 0 Å². The summed E-state index contributed by atoms with van der Waals surface area (Å²) in [5, 5.41) is 12.5. The average molecular weight is 530 g/mol. The molecule has 4 aliphatic carbocycles. The minimum absolute atomic E-state index is 0.163. The van der Waals surface area contributed by atoms with Gasteiger partial charge in [-0.05, 0) is 93.5 Å². The van der Waals surface area contributed by atoms with Crippen molar-refractivity contribution in [3.63, 3.8) is 0 Å². The van der Waals surface area contributed by atoms with Crippen molar-refractivity contribution in [1.29, 1.82) is 0 Å². The van der Waals surface area contributed by atoms with Crippen LogP contribution in [0.5, 0.6) is 0 Å². The van der Waals surface area contributed by atoms with Crippen LogP contribution in [0.1, 0.15) is 112 Å². The van der Waals surface area contributed by atoms with Crippen LogP contribution in [0.2, 0.25) is 0 Å². The van der Waals surface area contributed by atoms with Gasteiger partial charge in [-0.2, -0.15) is 0 Å². The lowest BCUT2D eigenvalue weighted by Crippen LogP contribution is -2.72. The number of aliphatic hydroxyl groups is 1. The summed E-state index contributed by atoms with van der Waals surface area (Å²) in [7, 11) is 11.3. The van der Waals surface area contributed by atoms with E-state index in [1.54, 1.807) is 5.57 Å². The van der Waals surface area contributed by atoms with Gasteiger partial charge < -0.3 is 14.5 Å². The predicted octanol–water partition coefficient (Wildman–Crippen LogP) is 7.99. The smallest absolute Gasteiger partial charge is 0.208 e. The molecule has 10 atom stereocenters. The standard InChI is InChI=1S/C35H65N2O/c1-12-14-31-32(36(7)8)34(6)26(23-35(31,38)37(9,10)11)17-18-27-29-20-19-28(25(4)16-13-15-24(2)3)33(29,5)22-21-30(27)34/h17,24-25,27-32,38H,12-16,18-23H2,1-11H3/q+1/t25-,27+,28-,29+,30+,31?,32?,33-,34+,35?/m1/s1. The molecule has 1 N–H and O–H groups in total. The molecule has 4 aliphatic rings. The fourth-order valence-electron chi connectivity index (χ4n) is 11.2. The predicted molar refractivity (Wildman–Crippen MR) is 163 cm³/mol. The molecular weight excluding hydrogens is 464 g/mol. The Kier molecular flexibility index (Phi) is 8.68. The van der Waals surface area contributed by atoms with Crippen LogP contribution in [-0.2, 0) is 0 Å². The zero-order chi connectivity index (χ0) is 28.3. The Morgan fingerprint density at radius 1 is 1.03 bits per heavy atom. The van der Waals surface area contributed by atoms with Crippen LogP contribution in [-0.4, -0.2) is 61.5 Å². The number of quaternary nitrogens is 1. The van der Waals surface area contributed by atoms with Crippen LogP contribution >= 0.6 is 0 Å². The van der Waals surface area contributed by atoms with Crippen LogP contribution < -0.4 is 0 Å². The second-order valence-corrected chi connectivity index (χ2v) is 16.5. The highest BCUT2D eigenvalue weighted by molar-refractivity contribution is 5.31. The largest absolute Gasteiger partial charge is 0.342 e. The SMILES string of the molecule is CCCC1C(N(C)C)[C@@]2(C)C(=CC[C@H]3[C@@H]4CC[C@H]([C@H](C)CCCC(C)C)[C@@]4(C)CC[C@@H]32)CC1(O)[N+](C)(C)C. The van der Waals surface area contributed by atoms with E-state index in [9.17, 15) is 5.11 Å². The van der Waals surface area contributed by atoms with Gasteiger partial charge in [0.05, 0.1) is 33.5 Å². The van der Waals surface area contributed by atoms with Gasteiger partial charge in [-0.3, -0.25) is 0 Å². The third-order valence-electron chi connectivity index (χ3n) is 13.1. The molecule has 0 aromatic rings. The lowest BCUT2D eigenvalue weighted by atomic mass is 9.43. The maximum Gasteiger partial charge on any atom is 0.208 e. The molecule has 0 amide bonds. The van der Waals surface area contributed by atoms with Gasteiger partial charge in [-0.1, -0.05) is 78.9 Å². The molecule has 3 fully saturated rings. The molecular formula is C35H65N2O+. The summed E-state index contributed by atoms with van der Waals surface area (Å²) in [6, 6.07) is 0.383. The second-order valence-electron chi connectivity index (χ2n) is 16.5. The third kappa shape index (κ3) is 4.77. The van der Waals surface area contributed by atoms with Crippen molar-refractivity contribution >= 4 is 0 Å². The van der Waals surface area contributed by atoms with E-state index in [0.29, 0.717) is 15.9 Å². The molecule has 3 unspecified atom stereocenters. The maximum absolute atomic E-state index is 12.5. The molecule has 0 bridgehead atoms. The molecule has 3 saturated carbocycles. The van der Waals surface area contributed by atoms with Gasteiger partial charge in [-0.15, -0.1) is 0 Å². The first-order valence-electron chi connectivity index (χ1n) is 16.5. The van der Waals surface area contributed by atoms with Gasteiger partial charge in [0, 0.05) is 11.5 Å². The van der Waals surface area contributed by atoms with Crippen molar-refractivity contribution < 1.29 is 9.59 Å². The van der Waals surface area contributed by atoms with E-state index in [0.717, 1.165) is 54.8 Å². The van der Waals surface area contributed by atoms with E-state index in [-0.39, 0.29) is 11.3 Å². The van der Waals surface area contributed by atoms with Crippen LogP contribution in [0, 0.1) is 52.3 Å². The summed E-state index contributed by atoms with van der Waals surface area (Å²) in [4.78, 5) is 2.53. The van der Waals surface area contributed by atoms with E-state index in [2.05, 4.69) is 87.8 Å². The Hall–Kier alpha value is -0.380. The van der Waals surface area contributed by atoms with Gasteiger partial charge in [0.2, 0.25) is 5.72 Å². The number of nitrogens with zero attached hydrogens (tertiary/aromatic N) is 2. The summed E-state index contributed by atoms with van der Waals surface area (Å²) < 4.78 is 0.626. The number of fused-ring (bicyclic) bond motifs is 5. The fourth-order valence-corrected chi connectivity index (χ4v) is 11.2. The Morgan fingerprint density at radius 2 is 1.71 bits per heavy atom. The lowest BCUT2D eigenvalue weighted by molar-refractivity contribution is -0.957. The Balaban J connectivity index is 1.67. The quantitative estimate of drug-likeness (QED) is 0.186. The molecule has 220 valence electrons. The molecule has 0 spiro atoms. The van der Waals surface area contributed by atoms with Crippen molar-refractivity contribution in [2.45, 2.75) is 124 Å². The minimum atomic E-state index is -0.712. The summed E-state index contributed by atoms with van der Waals surface area (Å²) in [5.41, 5.74) is 1.56. The first kappa shape index (κ1) is 30.6. The van der Waals surface area contributed by atoms with Crippen molar-refractivity contribution in [3.05, 3.63) is 11.6 Å². The van der Waals surface area contributed by atoms with E-state index in [4.69, 9.17) is 0 Å². The number of rotatable bonds is 9. The molecule has 0 saturated heterocycles. The molecule has 3 nitrogen and oxygen atoms in total. The number of allylic oxidation sites excluding steroid dienone is 1. The second kappa shape index (κ2) is 10.8. The molecule has 0 aliphatic heterocycles. The number of hydrogen-bond acceptors (Lipinski definition) is 2. The van der Waals surface area contributed by atoms with E-state index in [1.807, 2.05) is 0 Å². The molecule has 0 aromatic carbocycles. The molecule has 0 aromatic heterocycles. The minimum Gasteiger partial charge on any atom is -0.342 e. The van der Waals surface area contributed by atoms with Crippen LogP contribution in [0.25, 0.3) is 0 Å². The topological polar surface area (TPSA) is 23.5 Å². The molecule has 38 heavy (non-hydrogen) atoms. The van der Waals surface area contributed by atoms with Crippen molar-refractivity contribution in [2.75, 3.05) is 35.2 Å². The molecule has 3 heteroatoms. The first-order chi connectivity index (χ1) is 17.6. The summed E-state index contributed by atoms with van der Waals surface area (Å²) in [6.45, 7) is 15.0. The summed E-state index contributed by atoms with van der Waals surface area (Å²) in [6.07, 6.45) is 16.9. The first-order valence-corrected chi connectivity index (χ1v) is 16.5. The normalized spacial score (nSPS) is 44.0. The van der Waals surface area contributed by atoms with Gasteiger partial charge in [0.15, 0.2) is 0 Å². The zero-order valence-corrected chi connectivity index (χ0v) is 27.3. The number of hydrogen-bond donors (Lipinski definition) is 1. The van der Waals surface area contributed by atoms with Crippen LogP contribution in [0.4, 0.5) is 0 Å². The van der Waals surface area contributed by atoms with E-state index in [1.165, 1.54) is 51.4 Å². The fraction of sp³-hybridized carbons (Fsp3) is 0.943. The molecule has 4 rings (SSSR count). The molecule has 0 heterocycles. The zero-order valence-electron chi connectivity index (χ0n) is 27.3. The van der Waals surface area contributed by atoms with Crippen molar-refractivity contribution in [2.24, 2.45) is 52.3 Å². The summed E-state index contributed by atoms with van der Waals surface area (Å²) in [5.74, 6) is 5.33. The van der Waals surface area contributed by atoms with E-state index >= 15 is 0 Å². The monoisotopic (exact) mass is 530 g/mol. The van der Waals surface area contributed by atoms with Crippen molar-refractivity contribution in [1.82, 2.24) is 4.90 Å². The van der Waals surface area contributed by atoms with Crippen LogP contribution in [0.15, 0.2) is 11.6 Å². The third-order valence-corrected chi connectivity index (χ3v) is 13.1. The Bertz CT molecular complexity index is 856. The van der Waals surface area contributed by atoms with Gasteiger partial charge in [-0.25, -0.2) is 0 Å². The van der Waals surface area contributed by atoms with Gasteiger partial charge in [0.1, 0.15) is 0 Å². The Morgan fingerprint density at radius 3 is 2.29 bits per heavy atom. The average Bonchev–Trinajstić information content (AvgIpc) is 3.16. The van der Waals surface area contributed by atoms with Gasteiger partial charge >= 0.3 is 0 Å². The Labute approximate surface area is 237 Å². The highest BCUT2D eigenvalue weighted by Gasteiger charge is 2.67.